The molecule has 0 aliphatic heterocycles. The second-order valence-corrected chi connectivity index (χ2v) is 10.9. The largest absolute Gasteiger partial charge is 0.449 e. The highest BCUT2D eigenvalue weighted by atomic mass is 35.5. The zero-order valence-electron chi connectivity index (χ0n) is 24.2. The molecule has 0 spiro atoms. The molecule has 224 valence electrons. The normalized spacial score (nSPS) is 16.6. The molecule has 12 heteroatoms. The van der Waals surface area contributed by atoms with E-state index in [1.165, 1.54) is 6.20 Å². The highest BCUT2D eigenvalue weighted by Gasteiger charge is 2.33. The number of carbonyl (C=O) groups excluding carboxylic acids is 4. The van der Waals surface area contributed by atoms with Crippen molar-refractivity contribution in [2.75, 3.05) is 51.5 Å². The number of aromatic nitrogens is 1. The summed E-state index contributed by atoms with van der Waals surface area (Å²) in [5, 5.41) is 6.32. The molecule has 2 heterocycles. The lowest BCUT2D eigenvalue weighted by Crippen LogP contribution is -2.35. The molecule has 4 amide bonds. The number of hydrogen-bond donors (Lipinski definition) is 2. The van der Waals surface area contributed by atoms with Crippen LogP contribution in [0.5, 0.6) is 0 Å². The van der Waals surface area contributed by atoms with E-state index < -0.39 is 5.91 Å². The highest BCUT2D eigenvalue weighted by molar-refractivity contribution is 6.30. The lowest BCUT2D eigenvalue weighted by Gasteiger charge is -2.28. The maximum Gasteiger partial charge on any atom is 0.294 e. The predicted molar refractivity (Wildman–Crippen MR) is 160 cm³/mol. The predicted octanol–water partition coefficient (Wildman–Crippen LogP) is 4.68. The number of benzene rings is 1. The second kappa shape index (κ2) is 13.8. The molecule has 42 heavy (non-hydrogen) atoms. The van der Waals surface area contributed by atoms with Gasteiger partial charge in [0.1, 0.15) is 17.1 Å². The summed E-state index contributed by atoms with van der Waals surface area (Å²) in [6.45, 7) is 3.02. The summed E-state index contributed by atoms with van der Waals surface area (Å²) in [6, 6.07) is 8.08. The van der Waals surface area contributed by atoms with Crippen molar-refractivity contribution in [3.63, 3.8) is 0 Å². The van der Waals surface area contributed by atoms with Gasteiger partial charge in [-0.2, -0.15) is 0 Å². The van der Waals surface area contributed by atoms with Gasteiger partial charge in [-0.3, -0.25) is 19.2 Å². The Labute approximate surface area is 249 Å². The van der Waals surface area contributed by atoms with Crippen molar-refractivity contribution in [2.24, 2.45) is 11.8 Å². The Bertz CT molecular complexity index is 1450. The monoisotopic (exact) mass is 597 g/mol. The van der Waals surface area contributed by atoms with Crippen molar-refractivity contribution >= 4 is 57.7 Å². The van der Waals surface area contributed by atoms with Gasteiger partial charge in [0.2, 0.25) is 17.6 Å². The lowest BCUT2D eigenvalue weighted by molar-refractivity contribution is -0.135. The molecular weight excluding hydrogens is 562 g/mol. The van der Waals surface area contributed by atoms with E-state index >= 15 is 0 Å². The number of likely N-dealkylation sites (N-methyl/N-ethyl adjacent to an activating group) is 1. The number of hydrogen-bond acceptors (Lipinski definition) is 7. The molecule has 3 aromatic rings. The van der Waals surface area contributed by atoms with E-state index in [-0.39, 0.29) is 58.0 Å². The molecule has 1 aromatic carbocycles. The summed E-state index contributed by atoms with van der Waals surface area (Å²) in [6.07, 6.45) is 3.62. The molecule has 1 fully saturated rings. The first-order valence-electron chi connectivity index (χ1n) is 13.9. The van der Waals surface area contributed by atoms with Gasteiger partial charge < -0.3 is 29.6 Å². The molecule has 1 aliphatic carbocycles. The lowest BCUT2D eigenvalue weighted by atomic mass is 9.81. The van der Waals surface area contributed by atoms with Crippen LogP contribution in [0.1, 0.15) is 53.5 Å². The Morgan fingerprint density at radius 3 is 2.38 bits per heavy atom. The average molecular weight is 598 g/mol. The van der Waals surface area contributed by atoms with E-state index in [2.05, 4.69) is 15.6 Å². The van der Waals surface area contributed by atoms with E-state index in [0.717, 1.165) is 0 Å². The number of fused-ring (bicyclic) bond motifs is 1. The molecule has 4 rings (SSSR count). The van der Waals surface area contributed by atoms with Crippen LogP contribution < -0.4 is 10.6 Å². The van der Waals surface area contributed by atoms with Crippen LogP contribution in [0.3, 0.4) is 0 Å². The molecular formula is C30H36ClN5O6. The number of nitrogens with one attached hydrogen (secondary N) is 2. The number of furan rings is 1. The Morgan fingerprint density at radius 1 is 1.05 bits per heavy atom. The number of anilines is 2. The minimum absolute atomic E-state index is 0.0570. The number of rotatable bonds is 10. The number of methoxy groups -OCH3 is 1. The van der Waals surface area contributed by atoms with Crippen LogP contribution in [-0.2, 0) is 14.3 Å². The Morgan fingerprint density at radius 2 is 1.76 bits per heavy atom. The van der Waals surface area contributed by atoms with Crippen molar-refractivity contribution in [2.45, 2.75) is 32.6 Å². The first kappa shape index (κ1) is 31.0. The molecule has 2 aromatic heterocycles. The van der Waals surface area contributed by atoms with Crippen molar-refractivity contribution < 1.29 is 28.3 Å². The number of pyridine rings is 1. The minimum atomic E-state index is -0.651. The molecule has 11 nitrogen and oxygen atoms in total. The zero-order chi connectivity index (χ0) is 30.4. The number of carbonyl (C=O) groups is 4. The number of amides is 4. The van der Waals surface area contributed by atoms with Crippen LogP contribution >= 0.6 is 11.6 Å². The van der Waals surface area contributed by atoms with Crippen molar-refractivity contribution in [1.29, 1.82) is 0 Å². The van der Waals surface area contributed by atoms with Crippen molar-refractivity contribution in [3.05, 3.63) is 52.9 Å². The van der Waals surface area contributed by atoms with Gasteiger partial charge in [-0.05, 0) is 56.9 Å². The summed E-state index contributed by atoms with van der Waals surface area (Å²) >= 11 is 5.93. The third-order valence-corrected chi connectivity index (χ3v) is 7.71. The quantitative estimate of drug-likeness (QED) is 0.347. The van der Waals surface area contributed by atoms with Crippen LogP contribution in [0, 0.1) is 11.8 Å². The zero-order valence-corrected chi connectivity index (χ0v) is 25.0. The van der Waals surface area contributed by atoms with Gasteiger partial charge in [-0.15, -0.1) is 0 Å². The fourth-order valence-electron chi connectivity index (χ4n) is 5.20. The summed E-state index contributed by atoms with van der Waals surface area (Å²) in [5.41, 5.74) is 0.668. The van der Waals surface area contributed by atoms with E-state index in [1.807, 2.05) is 6.92 Å². The smallest absolute Gasteiger partial charge is 0.294 e. The maximum atomic E-state index is 13.6. The van der Waals surface area contributed by atoms with E-state index in [1.54, 1.807) is 61.3 Å². The SMILES string of the molecule is CCN(CCOC)C(=O)c1cccc2oc(C(=O)Nc3ccc(Cl)cn3)c(NC(=O)C3CCC(C(=O)N(C)C)CC3)c12. The van der Waals surface area contributed by atoms with Crippen molar-refractivity contribution in [3.8, 4) is 0 Å². The Hall–Kier alpha value is -3.96. The Kier molecular flexibility index (Phi) is 10.2. The molecule has 2 N–H and O–H groups in total. The maximum absolute atomic E-state index is 13.6. The van der Waals surface area contributed by atoms with Gasteiger partial charge in [-0.25, -0.2) is 4.98 Å². The molecule has 0 radical (unpaired) electrons. The molecule has 0 saturated heterocycles. The van der Waals surface area contributed by atoms with Gasteiger partial charge in [0.25, 0.3) is 11.8 Å². The summed E-state index contributed by atoms with van der Waals surface area (Å²) in [4.78, 5) is 60.4. The summed E-state index contributed by atoms with van der Waals surface area (Å²) < 4.78 is 11.1. The van der Waals surface area contributed by atoms with Crippen LogP contribution in [0.15, 0.2) is 40.9 Å². The molecule has 0 unspecified atom stereocenters. The molecule has 0 atom stereocenters. The van der Waals surface area contributed by atoms with Gasteiger partial charge in [-0.1, -0.05) is 17.7 Å². The highest BCUT2D eigenvalue weighted by Crippen LogP contribution is 2.37. The molecule has 0 bridgehead atoms. The van der Waals surface area contributed by atoms with Gasteiger partial charge in [0, 0.05) is 52.3 Å². The average Bonchev–Trinajstić information content (AvgIpc) is 3.36. The molecule has 1 aliphatic rings. The van der Waals surface area contributed by atoms with E-state index in [0.29, 0.717) is 55.8 Å². The van der Waals surface area contributed by atoms with Crippen LogP contribution in [0.4, 0.5) is 11.5 Å². The number of nitrogens with zero attached hydrogens (tertiary/aromatic N) is 3. The molecule has 1 saturated carbocycles. The third kappa shape index (κ3) is 6.91. The first-order chi connectivity index (χ1) is 20.1. The van der Waals surface area contributed by atoms with E-state index in [9.17, 15) is 19.2 Å². The fraction of sp³-hybridized carbons (Fsp3) is 0.433. The van der Waals surface area contributed by atoms with Gasteiger partial charge >= 0.3 is 0 Å². The number of ether oxygens (including phenoxy) is 1. The summed E-state index contributed by atoms with van der Waals surface area (Å²) in [7, 11) is 5.02. The standard InChI is InChI=1S/C30H36ClN5O6/c1-5-36(15-16-41-4)30(40)21-7-6-8-22-24(21)25(26(42-22)28(38)33-23-14-13-20(31)17-32-23)34-27(37)18-9-11-19(12-10-18)29(39)35(2)3/h6-8,13-14,17-19H,5,9-12,15-16H2,1-4H3,(H,34,37)(H,32,33,38). The number of halogens is 1. The Balaban J connectivity index is 1.69. The second-order valence-electron chi connectivity index (χ2n) is 10.4. The van der Waals surface area contributed by atoms with E-state index in [4.69, 9.17) is 20.8 Å². The van der Waals surface area contributed by atoms with Gasteiger partial charge in [0.15, 0.2) is 0 Å². The fourth-order valence-corrected chi connectivity index (χ4v) is 5.31. The minimum Gasteiger partial charge on any atom is -0.449 e. The third-order valence-electron chi connectivity index (χ3n) is 7.49. The van der Waals surface area contributed by atoms with Crippen LogP contribution in [0.25, 0.3) is 11.0 Å². The topological polar surface area (TPSA) is 134 Å². The first-order valence-corrected chi connectivity index (χ1v) is 14.3. The summed E-state index contributed by atoms with van der Waals surface area (Å²) in [5.74, 6) is -1.60. The van der Waals surface area contributed by atoms with Gasteiger partial charge in [0.05, 0.1) is 22.6 Å². The van der Waals surface area contributed by atoms with Crippen LogP contribution in [-0.4, -0.2) is 79.3 Å². The van der Waals surface area contributed by atoms with Crippen LogP contribution in [0.2, 0.25) is 5.02 Å². The van der Waals surface area contributed by atoms with Crippen molar-refractivity contribution in [1.82, 2.24) is 14.8 Å².